The van der Waals surface area contributed by atoms with Crippen molar-refractivity contribution < 1.29 is 4.39 Å². The Balaban J connectivity index is 2.03. The highest BCUT2D eigenvalue weighted by atomic mass is 79.9. The molecular formula is C15H19BrFN3. The molecule has 1 saturated heterocycles. The Morgan fingerprint density at radius 3 is 2.95 bits per heavy atom. The third-order valence-electron chi connectivity index (χ3n) is 4.28. The second kappa shape index (κ2) is 5.47. The summed E-state index contributed by atoms with van der Waals surface area (Å²) in [5.41, 5.74) is 1.88. The van der Waals surface area contributed by atoms with Crippen LogP contribution in [0, 0.1) is 5.82 Å². The topological polar surface area (TPSA) is 20.2 Å². The Labute approximate surface area is 126 Å². The summed E-state index contributed by atoms with van der Waals surface area (Å²) >= 11 is 3.63. The SMILES string of the molecule is CN1CCNCC1Cc1c(Br)n(C)c2c(F)cccc12. The van der Waals surface area contributed by atoms with Crippen molar-refractivity contribution in [3.8, 4) is 0 Å². The number of piperazine rings is 1. The Kier molecular flexibility index (Phi) is 3.84. The van der Waals surface area contributed by atoms with Crippen molar-refractivity contribution in [3.05, 3.63) is 34.2 Å². The van der Waals surface area contributed by atoms with Gasteiger partial charge in [0.15, 0.2) is 0 Å². The molecular weight excluding hydrogens is 321 g/mol. The van der Waals surface area contributed by atoms with Crippen LogP contribution in [0.3, 0.4) is 0 Å². The maximum absolute atomic E-state index is 14.0. The predicted octanol–water partition coefficient (Wildman–Crippen LogP) is 2.53. The average Bonchev–Trinajstić information content (AvgIpc) is 2.67. The summed E-state index contributed by atoms with van der Waals surface area (Å²) in [5, 5.41) is 4.45. The molecule has 1 unspecified atom stereocenters. The van der Waals surface area contributed by atoms with Gasteiger partial charge in [0.1, 0.15) is 5.82 Å². The highest BCUT2D eigenvalue weighted by Crippen LogP contribution is 2.32. The van der Waals surface area contributed by atoms with Crippen LogP contribution in [0.15, 0.2) is 22.8 Å². The molecule has 3 nitrogen and oxygen atoms in total. The van der Waals surface area contributed by atoms with E-state index >= 15 is 0 Å². The first-order valence-corrected chi connectivity index (χ1v) is 7.71. The van der Waals surface area contributed by atoms with Gasteiger partial charge in [-0.3, -0.25) is 0 Å². The Morgan fingerprint density at radius 2 is 2.20 bits per heavy atom. The van der Waals surface area contributed by atoms with Gasteiger partial charge in [0, 0.05) is 38.1 Å². The van der Waals surface area contributed by atoms with Crippen molar-refractivity contribution in [3.63, 3.8) is 0 Å². The van der Waals surface area contributed by atoms with E-state index in [0.717, 1.165) is 36.0 Å². The molecule has 20 heavy (non-hydrogen) atoms. The zero-order chi connectivity index (χ0) is 14.3. The van der Waals surface area contributed by atoms with Gasteiger partial charge in [-0.2, -0.15) is 0 Å². The lowest BCUT2D eigenvalue weighted by atomic mass is 10.0. The summed E-state index contributed by atoms with van der Waals surface area (Å²) in [5.74, 6) is -0.160. The van der Waals surface area contributed by atoms with Crippen molar-refractivity contribution in [2.45, 2.75) is 12.5 Å². The molecule has 108 valence electrons. The van der Waals surface area contributed by atoms with Crippen molar-refractivity contribution in [2.75, 3.05) is 26.7 Å². The monoisotopic (exact) mass is 339 g/mol. The maximum Gasteiger partial charge on any atom is 0.147 e. The molecule has 5 heteroatoms. The van der Waals surface area contributed by atoms with Crippen LogP contribution in [0.2, 0.25) is 0 Å². The second-order valence-electron chi connectivity index (χ2n) is 5.51. The number of nitrogens with zero attached hydrogens (tertiary/aromatic N) is 2. The molecule has 0 saturated carbocycles. The lowest BCUT2D eigenvalue weighted by Gasteiger charge is -2.33. The molecule has 0 radical (unpaired) electrons. The van der Waals surface area contributed by atoms with Crippen LogP contribution in [0.25, 0.3) is 10.9 Å². The van der Waals surface area contributed by atoms with Gasteiger partial charge >= 0.3 is 0 Å². The maximum atomic E-state index is 14.0. The zero-order valence-corrected chi connectivity index (χ0v) is 13.4. The van der Waals surface area contributed by atoms with Crippen LogP contribution < -0.4 is 5.32 Å². The average molecular weight is 340 g/mol. The van der Waals surface area contributed by atoms with E-state index in [-0.39, 0.29) is 5.82 Å². The van der Waals surface area contributed by atoms with Crippen LogP contribution >= 0.6 is 15.9 Å². The summed E-state index contributed by atoms with van der Waals surface area (Å²) in [6.07, 6.45) is 0.922. The van der Waals surface area contributed by atoms with Crippen molar-refractivity contribution in [1.29, 1.82) is 0 Å². The molecule has 0 spiro atoms. The van der Waals surface area contributed by atoms with Gasteiger partial charge in [-0.1, -0.05) is 12.1 Å². The van der Waals surface area contributed by atoms with Gasteiger partial charge < -0.3 is 14.8 Å². The van der Waals surface area contributed by atoms with E-state index in [1.807, 2.05) is 17.7 Å². The Bertz CT molecular complexity index is 638. The number of hydrogen-bond acceptors (Lipinski definition) is 2. The molecule has 1 N–H and O–H groups in total. The summed E-state index contributed by atoms with van der Waals surface area (Å²) in [4.78, 5) is 2.38. The quantitative estimate of drug-likeness (QED) is 0.907. The number of aryl methyl sites for hydroxylation is 1. The van der Waals surface area contributed by atoms with Crippen LogP contribution in [0.4, 0.5) is 4.39 Å². The molecule has 1 atom stereocenters. The summed E-state index contributed by atoms with van der Waals surface area (Å²) in [6, 6.07) is 5.77. The lowest BCUT2D eigenvalue weighted by Crippen LogP contribution is -2.50. The molecule has 3 rings (SSSR count). The molecule has 0 amide bonds. The first-order valence-electron chi connectivity index (χ1n) is 6.92. The fourth-order valence-corrected chi connectivity index (χ4v) is 3.58. The standard InChI is InChI=1S/C15H19BrFN3/c1-19-7-6-18-9-10(19)8-12-11-4-3-5-13(17)14(11)20(2)15(12)16/h3-5,10,18H,6-9H2,1-2H3. The normalized spacial score (nSPS) is 20.7. The van der Waals surface area contributed by atoms with Crippen LogP contribution in [-0.2, 0) is 13.5 Å². The van der Waals surface area contributed by atoms with Gasteiger partial charge in [-0.15, -0.1) is 0 Å². The number of rotatable bonds is 2. The number of hydrogen-bond donors (Lipinski definition) is 1. The lowest BCUT2D eigenvalue weighted by molar-refractivity contribution is 0.199. The Morgan fingerprint density at radius 1 is 1.40 bits per heavy atom. The summed E-state index contributed by atoms with van der Waals surface area (Å²) in [6.45, 7) is 3.08. The van der Waals surface area contributed by atoms with Crippen molar-refractivity contribution in [1.82, 2.24) is 14.8 Å². The highest BCUT2D eigenvalue weighted by Gasteiger charge is 2.23. The minimum Gasteiger partial charge on any atom is -0.336 e. The number of fused-ring (bicyclic) bond motifs is 1. The minimum atomic E-state index is -0.160. The van der Waals surface area contributed by atoms with Crippen molar-refractivity contribution in [2.24, 2.45) is 7.05 Å². The van der Waals surface area contributed by atoms with E-state index in [4.69, 9.17) is 0 Å². The zero-order valence-electron chi connectivity index (χ0n) is 11.8. The fraction of sp³-hybridized carbons (Fsp3) is 0.467. The van der Waals surface area contributed by atoms with E-state index in [2.05, 4.69) is 33.2 Å². The molecule has 2 heterocycles. The molecule has 1 aliphatic rings. The van der Waals surface area contributed by atoms with Gasteiger partial charge in [0.2, 0.25) is 0 Å². The minimum absolute atomic E-state index is 0.160. The van der Waals surface area contributed by atoms with Gasteiger partial charge in [-0.05, 0) is 41.0 Å². The molecule has 0 bridgehead atoms. The first kappa shape index (κ1) is 14.0. The highest BCUT2D eigenvalue weighted by molar-refractivity contribution is 9.10. The molecule has 0 aliphatic carbocycles. The Hall–Kier alpha value is -0.910. The van der Waals surface area contributed by atoms with Crippen LogP contribution in [-0.4, -0.2) is 42.2 Å². The molecule has 1 fully saturated rings. The van der Waals surface area contributed by atoms with E-state index in [9.17, 15) is 4.39 Å². The van der Waals surface area contributed by atoms with E-state index in [1.54, 1.807) is 6.07 Å². The third kappa shape index (κ3) is 2.28. The summed E-state index contributed by atoms with van der Waals surface area (Å²) in [7, 11) is 4.06. The van der Waals surface area contributed by atoms with E-state index < -0.39 is 0 Å². The van der Waals surface area contributed by atoms with Gasteiger partial charge in [0.25, 0.3) is 0 Å². The fourth-order valence-electron chi connectivity index (χ4n) is 3.03. The number of benzene rings is 1. The molecule has 2 aromatic rings. The molecule has 1 aromatic carbocycles. The van der Waals surface area contributed by atoms with Crippen LogP contribution in [0.5, 0.6) is 0 Å². The molecule has 1 aromatic heterocycles. The smallest absolute Gasteiger partial charge is 0.147 e. The second-order valence-corrected chi connectivity index (χ2v) is 6.26. The van der Waals surface area contributed by atoms with Gasteiger partial charge in [0.05, 0.1) is 10.1 Å². The number of para-hydroxylation sites is 1. The number of nitrogens with one attached hydrogen (secondary N) is 1. The van der Waals surface area contributed by atoms with E-state index in [1.165, 1.54) is 11.6 Å². The first-order chi connectivity index (χ1) is 9.59. The predicted molar refractivity (Wildman–Crippen MR) is 83.6 cm³/mol. The van der Waals surface area contributed by atoms with Crippen LogP contribution in [0.1, 0.15) is 5.56 Å². The largest absolute Gasteiger partial charge is 0.336 e. The van der Waals surface area contributed by atoms with Gasteiger partial charge in [-0.25, -0.2) is 4.39 Å². The molecule has 1 aliphatic heterocycles. The van der Waals surface area contributed by atoms with E-state index in [0.29, 0.717) is 11.6 Å². The third-order valence-corrected chi connectivity index (χ3v) is 5.29. The van der Waals surface area contributed by atoms with Crippen molar-refractivity contribution >= 4 is 26.8 Å². The number of aromatic nitrogens is 1. The summed E-state index contributed by atoms with van der Waals surface area (Å²) < 4.78 is 16.9. The number of likely N-dealkylation sites (N-methyl/N-ethyl adjacent to an activating group) is 1. The number of halogens is 2.